The standard InChI is InChI=1S/C14H17N3O2/c18-14-6-2-1-5-13(14)17-9-12(8-16-17)19-10-11-4-3-7-15-11/h1-2,5-6,8-9,11,15,18H,3-4,7,10H2. The zero-order valence-electron chi connectivity index (χ0n) is 10.6. The van der Waals surface area contributed by atoms with Gasteiger partial charge in [0.25, 0.3) is 0 Å². The minimum Gasteiger partial charge on any atom is -0.506 e. The number of phenols is 1. The number of nitrogens with one attached hydrogen (secondary N) is 1. The summed E-state index contributed by atoms with van der Waals surface area (Å²) in [5.41, 5.74) is 0.649. The summed E-state index contributed by atoms with van der Waals surface area (Å²) in [6.07, 6.45) is 5.82. The molecular formula is C14H17N3O2. The SMILES string of the molecule is Oc1ccccc1-n1cc(OCC2CCCN2)cn1. The normalized spacial score (nSPS) is 18.6. The van der Waals surface area contributed by atoms with E-state index in [1.165, 1.54) is 6.42 Å². The number of nitrogens with zero attached hydrogens (tertiary/aromatic N) is 2. The van der Waals surface area contributed by atoms with Gasteiger partial charge in [-0.25, -0.2) is 4.68 Å². The quantitative estimate of drug-likeness (QED) is 0.877. The molecule has 1 aliphatic rings. The minimum absolute atomic E-state index is 0.203. The molecule has 0 spiro atoms. The molecule has 2 aromatic rings. The highest BCUT2D eigenvalue weighted by Gasteiger charge is 2.15. The van der Waals surface area contributed by atoms with Gasteiger partial charge in [0.15, 0.2) is 5.75 Å². The number of phenolic OH excluding ortho intramolecular Hbond substituents is 1. The monoisotopic (exact) mass is 259 g/mol. The van der Waals surface area contributed by atoms with E-state index in [4.69, 9.17) is 4.74 Å². The van der Waals surface area contributed by atoms with Gasteiger partial charge in [-0.1, -0.05) is 12.1 Å². The maximum absolute atomic E-state index is 9.76. The van der Waals surface area contributed by atoms with Gasteiger partial charge in [-0.2, -0.15) is 5.10 Å². The Hall–Kier alpha value is -2.01. The predicted molar refractivity (Wildman–Crippen MR) is 71.7 cm³/mol. The second-order valence-electron chi connectivity index (χ2n) is 4.71. The van der Waals surface area contributed by atoms with Gasteiger partial charge in [0.05, 0.1) is 12.4 Å². The maximum Gasteiger partial charge on any atom is 0.157 e. The molecule has 1 atom stereocenters. The molecule has 1 unspecified atom stereocenters. The average molecular weight is 259 g/mol. The van der Waals surface area contributed by atoms with E-state index >= 15 is 0 Å². The van der Waals surface area contributed by atoms with Crippen LogP contribution in [0, 0.1) is 0 Å². The molecule has 0 bridgehead atoms. The Morgan fingerprint density at radius 2 is 2.32 bits per heavy atom. The highest BCUT2D eigenvalue weighted by atomic mass is 16.5. The van der Waals surface area contributed by atoms with E-state index in [9.17, 15) is 5.11 Å². The molecule has 1 saturated heterocycles. The largest absolute Gasteiger partial charge is 0.506 e. The van der Waals surface area contributed by atoms with Gasteiger partial charge < -0.3 is 15.2 Å². The maximum atomic E-state index is 9.76. The fraction of sp³-hybridized carbons (Fsp3) is 0.357. The fourth-order valence-electron chi connectivity index (χ4n) is 2.27. The van der Waals surface area contributed by atoms with Gasteiger partial charge in [-0.05, 0) is 31.5 Å². The number of hydrogen-bond donors (Lipinski definition) is 2. The van der Waals surface area contributed by atoms with Crippen molar-refractivity contribution in [1.82, 2.24) is 15.1 Å². The van der Waals surface area contributed by atoms with Crippen molar-refractivity contribution in [2.24, 2.45) is 0 Å². The van der Waals surface area contributed by atoms with Crippen LogP contribution >= 0.6 is 0 Å². The van der Waals surface area contributed by atoms with Crippen LogP contribution in [0.2, 0.25) is 0 Å². The van der Waals surface area contributed by atoms with Crippen molar-refractivity contribution in [3.05, 3.63) is 36.7 Å². The molecule has 2 N–H and O–H groups in total. The Balaban J connectivity index is 1.67. The molecule has 0 radical (unpaired) electrons. The number of hydrogen-bond acceptors (Lipinski definition) is 4. The highest BCUT2D eigenvalue weighted by molar-refractivity contribution is 5.45. The van der Waals surface area contributed by atoms with E-state index in [2.05, 4.69) is 10.4 Å². The molecule has 0 aliphatic carbocycles. The van der Waals surface area contributed by atoms with E-state index in [1.807, 2.05) is 12.1 Å². The van der Waals surface area contributed by atoms with Crippen molar-refractivity contribution < 1.29 is 9.84 Å². The first kappa shape index (κ1) is 12.0. The van der Waals surface area contributed by atoms with E-state index in [-0.39, 0.29) is 5.75 Å². The number of para-hydroxylation sites is 2. The number of aromatic nitrogens is 2. The lowest BCUT2D eigenvalue weighted by atomic mass is 10.2. The number of rotatable bonds is 4. The molecule has 3 rings (SSSR count). The molecule has 1 aromatic heterocycles. The minimum atomic E-state index is 0.203. The van der Waals surface area contributed by atoms with Crippen LogP contribution in [-0.4, -0.2) is 34.1 Å². The van der Waals surface area contributed by atoms with Crippen molar-refractivity contribution in [2.75, 3.05) is 13.2 Å². The van der Waals surface area contributed by atoms with E-state index in [0.717, 1.165) is 18.7 Å². The fourth-order valence-corrected chi connectivity index (χ4v) is 2.27. The van der Waals surface area contributed by atoms with Crippen LogP contribution in [0.4, 0.5) is 0 Å². The number of benzene rings is 1. The first-order chi connectivity index (χ1) is 9.33. The lowest BCUT2D eigenvalue weighted by Crippen LogP contribution is -2.28. The summed E-state index contributed by atoms with van der Waals surface area (Å²) in [4.78, 5) is 0. The Bertz CT molecular complexity index is 547. The molecule has 2 heterocycles. The van der Waals surface area contributed by atoms with Crippen molar-refractivity contribution in [3.63, 3.8) is 0 Å². The Morgan fingerprint density at radius 1 is 1.42 bits per heavy atom. The third-order valence-corrected chi connectivity index (χ3v) is 3.30. The third-order valence-electron chi connectivity index (χ3n) is 3.30. The van der Waals surface area contributed by atoms with Crippen molar-refractivity contribution >= 4 is 0 Å². The van der Waals surface area contributed by atoms with Crippen LogP contribution in [0.15, 0.2) is 36.7 Å². The summed E-state index contributed by atoms with van der Waals surface area (Å²) >= 11 is 0. The molecule has 0 saturated carbocycles. The van der Waals surface area contributed by atoms with Crippen LogP contribution in [0.1, 0.15) is 12.8 Å². The van der Waals surface area contributed by atoms with Crippen molar-refractivity contribution in [1.29, 1.82) is 0 Å². The first-order valence-corrected chi connectivity index (χ1v) is 6.52. The summed E-state index contributed by atoms with van der Waals surface area (Å²) in [6.45, 7) is 1.73. The van der Waals surface area contributed by atoms with Crippen LogP contribution in [0.3, 0.4) is 0 Å². The second-order valence-corrected chi connectivity index (χ2v) is 4.71. The van der Waals surface area contributed by atoms with E-state index in [0.29, 0.717) is 18.3 Å². The van der Waals surface area contributed by atoms with Gasteiger partial charge in [0.2, 0.25) is 0 Å². The van der Waals surface area contributed by atoms with Gasteiger partial charge >= 0.3 is 0 Å². The molecule has 1 aromatic carbocycles. The molecule has 19 heavy (non-hydrogen) atoms. The van der Waals surface area contributed by atoms with Crippen LogP contribution in [0.25, 0.3) is 5.69 Å². The zero-order valence-corrected chi connectivity index (χ0v) is 10.6. The lowest BCUT2D eigenvalue weighted by Gasteiger charge is -2.10. The van der Waals surface area contributed by atoms with Gasteiger partial charge in [-0.3, -0.25) is 0 Å². The Kier molecular flexibility index (Phi) is 3.37. The first-order valence-electron chi connectivity index (χ1n) is 6.52. The smallest absolute Gasteiger partial charge is 0.157 e. The molecule has 5 heteroatoms. The summed E-state index contributed by atoms with van der Waals surface area (Å²) in [5, 5.41) is 17.4. The summed E-state index contributed by atoms with van der Waals surface area (Å²) < 4.78 is 7.32. The summed E-state index contributed by atoms with van der Waals surface area (Å²) in [5.74, 6) is 0.923. The average Bonchev–Trinajstić information content (AvgIpc) is 3.08. The molecule has 1 fully saturated rings. The Morgan fingerprint density at radius 3 is 3.11 bits per heavy atom. The molecule has 5 nitrogen and oxygen atoms in total. The van der Waals surface area contributed by atoms with Crippen LogP contribution in [0.5, 0.6) is 11.5 Å². The van der Waals surface area contributed by atoms with Crippen LogP contribution in [-0.2, 0) is 0 Å². The summed E-state index contributed by atoms with van der Waals surface area (Å²) in [6, 6.07) is 7.53. The lowest BCUT2D eigenvalue weighted by molar-refractivity contribution is 0.277. The van der Waals surface area contributed by atoms with E-state index in [1.54, 1.807) is 29.2 Å². The number of ether oxygens (including phenoxy) is 1. The Labute approximate surface area is 111 Å². The van der Waals surface area contributed by atoms with Gasteiger partial charge in [0, 0.05) is 6.04 Å². The van der Waals surface area contributed by atoms with Gasteiger partial charge in [0.1, 0.15) is 18.0 Å². The molecular weight excluding hydrogens is 242 g/mol. The number of aromatic hydroxyl groups is 1. The van der Waals surface area contributed by atoms with Crippen molar-refractivity contribution in [2.45, 2.75) is 18.9 Å². The zero-order chi connectivity index (χ0) is 13.1. The van der Waals surface area contributed by atoms with Crippen molar-refractivity contribution in [3.8, 4) is 17.2 Å². The highest BCUT2D eigenvalue weighted by Crippen LogP contribution is 2.22. The van der Waals surface area contributed by atoms with Crippen LogP contribution < -0.4 is 10.1 Å². The van der Waals surface area contributed by atoms with E-state index < -0.39 is 0 Å². The third kappa shape index (κ3) is 2.71. The molecule has 100 valence electrons. The predicted octanol–water partition coefficient (Wildman–Crippen LogP) is 1.71. The second kappa shape index (κ2) is 5.32. The van der Waals surface area contributed by atoms with Gasteiger partial charge in [-0.15, -0.1) is 0 Å². The summed E-state index contributed by atoms with van der Waals surface area (Å²) in [7, 11) is 0. The topological polar surface area (TPSA) is 59.3 Å². The molecule has 1 aliphatic heterocycles. The molecule has 0 amide bonds.